The summed E-state index contributed by atoms with van der Waals surface area (Å²) < 4.78 is 2.41. The van der Waals surface area contributed by atoms with Crippen molar-refractivity contribution in [2.75, 3.05) is 0 Å². The van der Waals surface area contributed by atoms with Gasteiger partial charge >= 0.3 is 0 Å². The summed E-state index contributed by atoms with van der Waals surface area (Å²) in [4.78, 5) is 23.8. The molecule has 0 saturated heterocycles. The number of halogens is 1. The number of hydrogen-bond donors (Lipinski definition) is 1. The van der Waals surface area contributed by atoms with Crippen LogP contribution in [0, 0.1) is 11.8 Å². The molecule has 0 radical (unpaired) electrons. The second-order valence-corrected chi connectivity index (χ2v) is 6.99. The van der Waals surface area contributed by atoms with Crippen LogP contribution in [0.15, 0.2) is 27.6 Å². The Morgan fingerprint density at radius 2 is 2.14 bits per heavy atom. The van der Waals surface area contributed by atoms with Gasteiger partial charge in [-0.15, -0.1) is 0 Å². The summed E-state index contributed by atoms with van der Waals surface area (Å²) in [6.45, 7) is 4.89. The Hall–Kier alpha value is -1.10. The van der Waals surface area contributed by atoms with E-state index in [-0.39, 0.29) is 17.5 Å². The first-order valence-electron chi connectivity index (χ1n) is 7.62. The predicted molar refractivity (Wildman–Crippen MR) is 87.1 cm³/mol. The molecule has 4 nitrogen and oxygen atoms in total. The van der Waals surface area contributed by atoms with Crippen molar-refractivity contribution >= 4 is 21.8 Å². The van der Waals surface area contributed by atoms with Gasteiger partial charge in [0.05, 0.1) is 0 Å². The Kier molecular flexibility index (Phi) is 5.62. The lowest BCUT2D eigenvalue weighted by atomic mass is 9.78. The number of nitrogens with one attached hydrogen (secondary N) is 1. The van der Waals surface area contributed by atoms with E-state index in [1.807, 2.05) is 0 Å². The molecule has 0 aliphatic heterocycles. The van der Waals surface area contributed by atoms with Crippen LogP contribution in [0.5, 0.6) is 0 Å². The largest absolute Gasteiger partial charge is 0.353 e. The first kappa shape index (κ1) is 16.3. The van der Waals surface area contributed by atoms with Crippen molar-refractivity contribution in [3.8, 4) is 0 Å². The maximum absolute atomic E-state index is 12.1. The van der Waals surface area contributed by atoms with Crippen molar-refractivity contribution in [2.24, 2.45) is 11.8 Å². The minimum absolute atomic E-state index is 0.0350. The van der Waals surface area contributed by atoms with Crippen LogP contribution in [0.3, 0.4) is 0 Å². The van der Waals surface area contributed by atoms with Crippen LogP contribution < -0.4 is 10.9 Å². The van der Waals surface area contributed by atoms with Gasteiger partial charge in [0, 0.05) is 35.7 Å². The smallest absolute Gasteiger partial charge is 0.250 e. The normalized spacial score (nSPS) is 25.6. The monoisotopic (exact) mass is 354 g/mol. The van der Waals surface area contributed by atoms with Crippen LogP contribution in [0.1, 0.15) is 39.5 Å². The quantitative estimate of drug-likeness (QED) is 0.903. The molecule has 0 aromatic carbocycles. The minimum atomic E-state index is -0.0781. The van der Waals surface area contributed by atoms with E-state index in [1.165, 1.54) is 18.9 Å². The summed E-state index contributed by atoms with van der Waals surface area (Å²) in [6, 6.07) is 3.50. The lowest BCUT2D eigenvalue weighted by Gasteiger charge is -2.34. The van der Waals surface area contributed by atoms with Gasteiger partial charge in [0.2, 0.25) is 5.91 Å². The number of rotatable bonds is 4. The van der Waals surface area contributed by atoms with Gasteiger partial charge in [-0.2, -0.15) is 0 Å². The Bertz CT molecular complexity index is 555. The molecule has 116 valence electrons. The maximum atomic E-state index is 12.1. The molecular formula is C16H23BrN2O2. The minimum Gasteiger partial charge on any atom is -0.353 e. The van der Waals surface area contributed by atoms with E-state index >= 15 is 0 Å². The molecule has 1 fully saturated rings. The summed E-state index contributed by atoms with van der Waals surface area (Å²) in [5.74, 6) is 1.22. The Morgan fingerprint density at radius 3 is 2.90 bits per heavy atom. The van der Waals surface area contributed by atoms with Crippen LogP contribution in [0.25, 0.3) is 0 Å². The fourth-order valence-electron chi connectivity index (χ4n) is 2.96. The second-order valence-electron chi connectivity index (χ2n) is 6.07. The molecule has 2 rings (SSSR count). The van der Waals surface area contributed by atoms with Crippen molar-refractivity contribution in [2.45, 2.75) is 52.1 Å². The Labute approximate surface area is 134 Å². The highest BCUT2D eigenvalue weighted by molar-refractivity contribution is 9.10. The van der Waals surface area contributed by atoms with Crippen molar-refractivity contribution in [3.63, 3.8) is 0 Å². The van der Waals surface area contributed by atoms with Gasteiger partial charge in [0.25, 0.3) is 5.56 Å². The molecule has 0 bridgehead atoms. The van der Waals surface area contributed by atoms with Gasteiger partial charge in [-0.25, -0.2) is 0 Å². The van der Waals surface area contributed by atoms with Crippen molar-refractivity contribution in [3.05, 3.63) is 33.2 Å². The molecule has 1 amide bonds. The van der Waals surface area contributed by atoms with Crippen LogP contribution in [-0.4, -0.2) is 16.5 Å². The molecule has 0 spiro atoms. The van der Waals surface area contributed by atoms with Gasteiger partial charge in [0.15, 0.2) is 0 Å². The summed E-state index contributed by atoms with van der Waals surface area (Å²) >= 11 is 3.34. The molecule has 1 aromatic heterocycles. The number of aromatic nitrogens is 1. The van der Waals surface area contributed by atoms with E-state index < -0.39 is 0 Å². The highest BCUT2D eigenvalue weighted by Gasteiger charge is 2.27. The fourth-order valence-corrected chi connectivity index (χ4v) is 3.34. The summed E-state index contributed by atoms with van der Waals surface area (Å²) in [5, 5.41) is 3.14. The molecule has 1 N–H and O–H groups in total. The molecule has 1 aromatic rings. The van der Waals surface area contributed by atoms with Crippen molar-refractivity contribution in [1.29, 1.82) is 0 Å². The number of aryl methyl sites for hydroxylation is 1. The van der Waals surface area contributed by atoms with E-state index in [9.17, 15) is 9.59 Å². The van der Waals surface area contributed by atoms with Crippen molar-refractivity contribution in [1.82, 2.24) is 9.88 Å². The number of pyridine rings is 1. The molecular weight excluding hydrogens is 332 g/mol. The van der Waals surface area contributed by atoms with Crippen molar-refractivity contribution < 1.29 is 4.79 Å². The average Bonchev–Trinajstić information content (AvgIpc) is 2.45. The van der Waals surface area contributed by atoms with Gasteiger partial charge in [-0.05, 0) is 40.3 Å². The van der Waals surface area contributed by atoms with E-state index in [2.05, 4.69) is 35.1 Å². The molecule has 5 heteroatoms. The topological polar surface area (TPSA) is 51.1 Å². The van der Waals surface area contributed by atoms with Gasteiger partial charge in [-0.1, -0.05) is 26.7 Å². The highest BCUT2D eigenvalue weighted by atomic mass is 79.9. The van der Waals surface area contributed by atoms with Crippen LogP contribution in [-0.2, 0) is 11.3 Å². The van der Waals surface area contributed by atoms with E-state index in [4.69, 9.17) is 0 Å². The third kappa shape index (κ3) is 4.43. The number of carbonyl (C=O) groups excluding carboxylic acids is 1. The van der Waals surface area contributed by atoms with Gasteiger partial charge in [0.1, 0.15) is 0 Å². The van der Waals surface area contributed by atoms with Crippen LogP contribution in [0.4, 0.5) is 0 Å². The zero-order chi connectivity index (χ0) is 15.4. The lowest BCUT2D eigenvalue weighted by molar-refractivity contribution is -0.122. The number of amides is 1. The Balaban J connectivity index is 1.87. The van der Waals surface area contributed by atoms with Gasteiger partial charge in [-0.3, -0.25) is 9.59 Å². The first-order valence-corrected chi connectivity index (χ1v) is 8.42. The standard InChI is InChI=1S/C16H23BrN2O2/c1-11-4-3-5-14(12(11)2)18-15(20)8-9-19-10-13(17)6-7-16(19)21/h6-7,10-12,14H,3-5,8-9H2,1-2H3,(H,18,20). The summed E-state index contributed by atoms with van der Waals surface area (Å²) in [6.07, 6.45) is 5.56. The highest BCUT2D eigenvalue weighted by Crippen LogP contribution is 2.29. The van der Waals surface area contributed by atoms with Crippen LogP contribution in [0.2, 0.25) is 0 Å². The number of hydrogen-bond acceptors (Lipinski definition) is 2. The molecule has 3 atom stereocenters. The zero-order valence-corrected chi connectivity index (χ0v) is 14.2. The summed E-state index contributed by atoms with van der Waals surface area (Å²) in [5.41, 5.74) is -0.0781. The van der Waals surface area contributed by atoms with E-state index in [0.29, 0.717) is 24.8 Å². The molecule has 1 aliphatic rings. The molecule has 1 saturated carbocycles. The maximum Gasteiger partial charge on any atom is 0.250 e. The van der Waals surface area contributed by atoms with E-state index in [0.717, 1.165) is 10.9 Å². The zero-order valence-electron chi connectivity index (χ0n) is 12.6. The number of carbonyl (C=O) groups is 1. The SMILES string of the molecule is CC1CCCC(NC(=O)CCn2cc(Br)ccc2=O)C1C. The third-order valence-electron chi connectivity index (χ3n) is 4.58. The molecule has 1 aliphatic carbocycles. The average molecular weight is 355 g/mol. The molecule has 3 unspecified atom stereocenters. The van der Waals surface area contributed by atoms with Gasteiger partial charge < -0.3 is 9.88 Å². The fraction of sp³-hybridized carbons (Fsp3) is 0.625. The van der Waals surface area contributed by atoms with E-state index in [1.54, 1.807) is 16.8 Å². The number of nitrogens with zero attached hydrogens (tertiary/aromatic N) is 1. The first-order chi connectivity index (χ1) is 9.97. The third-order valence-corrected chi connectivity index (χ3v) is 5.05. The predicted octanol–water partition coefficient (Wildman–Crippen LogP) is 2.94. The lowest BCUT2D eigenvalue weighted by Crippen LogP contribution is -2.44. The summed E-state index contributed by atoms with van der Waals surface area (Å²) in [7, 11) is 0. The second kappa shape index (κ2) is 7.25. The Morgan fingerprint density at radius 1 is 1.38 bits per heavy atom. The molecule has 1 heterocycles. The molecule has 21 heavy (non-hydrogen) atoms. The van der Waals surface area contributed by atoms with Crippen LogP contribution >= 0.6 is 15.9 Å².